The summed E-state index contributed by atoms with van der Waals surface area (Å²) in [6, 6.07) is 17.5. The van der Waals surface area contributed by atoms with Gasteiger partial charge >= 0.3 is 0 Å². The number of hydrogen-bond donors (Lipinski definition) is 3. The molecule has 0 aliphatic heterocycles. The fraction of sp³-hybridized carbons (Fsp3) is 0.414. The van der Waals surface area contributed by atoms with E-state index in [1.807, 2.05) is 89.3 Å². The molecule has 2 heterocycles. The summed E-state index contributed by atoms with van der Waals surface area (Å²) in [6.45, 7) is 15.0. The average molecular weight is 495 g/mol. The summed E-state index contributed by atoms with van der Waals surface area (Å²) >= 11 is 0. The molecule has 36 heavy (non-hydrogen) atoms. The lowest BCUT2D eigenvalue weighted by Gasteiger charge is -2.24. The molecule has 198 valence electrons. The van der Waals surface area contributed by atoms with Crippen molar-refractivity contribution in [2.24, 2.45) is 0 Å². The van der Waals surface area contributed by atoms with Gasteiger partial charge in [-0.25, -0.2) is 4.98 Å². The predicted molar refractivity (Wildman–Crippen MR) is 157 cm³/mol. The van der Waals surface area contributed by atoms with Crippen LogP contribution in [-0.4, -0.2) is 42.9 Å². The first kappa shape index (κ1) is 32.4. The van der Waals surface area contributed by atoms with Crippen molar-refractivity contribution in [2.75, 3.05) is 42.7 Å². The van der Waals surface area contributed by atoms with Gasteiger partial charge in [0.15, 0.2) is 0 Å². The second-order valence-corrected chi connectivity index (χ2v) is 7.53. The van der Waals surface area contributed by atoms with Crippen LogP contribution >= 0.6 is 0 Å². The molecule has 2 aromatic heterocycles. The van der Waals surface area contributed by atoms with Crippen LogP contribution in [0.5, 0.6) is 5.88 Å². The third-order valence-corrected chi connectivity index (χ3v) is 4.58. The second-order valence-electron chi connectivity index (χ2n) is 7.53. The summed E-state index contributed by atoms with van der Waals surface area (Å²) in [4.78, 5) is 10.5. The highest BCUT2D eigenvalue weighted by molar-refractivity contribution is 5.76. The SMILES string of the molecule is CC.CCCN(CCC)c1cc(N)nc(OCC)c1.CNc1ccccn1.Cc1cccc(C=N)c1. The molecule has 0 atom stereocenters. The zero-order chi connectivity index (χ0) is 27.2. The number of nitrogens with one attached hydrogen (secondary N) is 2. The molecule has 0 bridgehead atoms. The zero-order valence-corrected chi connectivity index (χ0v) is 23.2. The standard InChI is InChI=1S/C13H23N3O.C8H9N.C6H8N2.C2H6/c1-4-7-16(8-5-2)11-9-12(14)15-13(10-11)17-6-3;1-7-3-2-4-8(5-7)6-9;1-7-6-4-2-3-5-8-6;1-2/h9-10H,4-8H2,1-3H3,(H2,14,15);2-6,9H,1H3;2-5H,1H3,(H,7,8);1-2H3. The van der Waals surface area contributed by atoms with E-state index < -0.39 is 0 Å². The summed E-state index contributed by atoms with van der Waals surface area (Å²) < 4.78 is 5.42. The molecular weight excluding hydrogens is 448 g/mol. The van der Waals surface area contributed by atoms with Gasteiger partial charge in [-0.05, 0) is 44.4 Å². The summed E-state index contributed by atoms with van der Waals surface area (Å²) in [5, 5.41) is 9.83. The van der Waals surface area contributed by atoms with Crippen LogP contribution in [0.3, 0.4) is 0 Å². The van der Waals surface area contributed by atoms with Gasteiger partial charge in [-0.1, -0.05) is 63.6 Å². The number of nitrogens with two attached hydrogens (primary N) is 1. The third kappa shape index (κ3) is 13.9. The Bertz CT molecular complexity index is 944. The fourth-order valence-electron chi connectivity index (χ4n) is 3.10. The number of nitrogens with zero attached hydrogens (tertiary/aromatic N) is 3. The lowest BCUT2D eigenvalue weighted by atomic mass is 10.2. The van der Waals surface area contributed by atoms with E-state index in [-0.39, 0.29) is 0 Å². The number of benzene rings is 1. The number of hydrogen-bond acceptors (Lipinski definition) is 7. The molecule has 0 saturated heterocycles. The largest absolute Gasteiger partial charge is 0.478 e. The maximum absolute atomic E-state index is 6.92. The molecule has 0 aliphatic rings. The minimum absolute atomic E-state index is 0.517. The number of anilines is 3. The zero-order valence-electron chi connectivity index (χ0n) is 23.2. The summed E-state index contributed by atoms with van der Waals surface area (Å²) in [5.74, 6) is 2.04. The lowest BCUT2D eigenvalue weighted by Crippen LogP contribution is -2.25. The van der Waals surface area contributed by atoms with E-state index in [0.29, 0.717) is 18.3 Å². The quantitative estimate of drug-likeness (QED) is 0.282. The molecule has 0 amide bonds. The van der Waals surface area contributed by atoms with Crippen LogP contribution in [0, 0.1) is 12.3 Å². The van der Waals surface area contributed by atoms with E-state index >= 15 is 0 Å². The molecule has 0 saturated carbocycles. The molecule has 3 aromatic rings. The van der Waals surface area contributed by atoms with Crippen molar-refractivity contribution in [3.05, 3.63) is 71.9 Å². The first-order valence-corrected chi connectivity index (χ1v) is 12.8. The average Bonchev–Trinajstić information content (AvgIpc) is 2.91. The minimum atomic E-state index is 0.517. The van der Waals surface area contributed by atoms with Crippen LogP contribution in [0.4, 0.5) is 17.3 Å². The highest BCUT2D eigenvalue weighted by Gasteiger charge is 2.08. The van der Waals surface area contributed by atoms with Crippen molar-refractivity contribution >= 4 is 23.5 Å². The molecule has 1 aromatic carbocycles. The van der Waals surface area contributed by atoms with Gasteiger partial charge in [0.2, 0.25) is 5.88 Å². The number of ether oxygens (including phenoxy) is 1. The smallest absolute Gasteiger partial charge is 0.217 e. The van der Waals surface area contributed by atoms with Crippen LogP contribution in [0.1, 0.15) is 58.6 Å². The van der Waals surface area contributed by atoms with Gasteiger partial charge in [0.25, 0.3) is 0 Å². The Kier molecular flexibility index (Phi) is 18.7. The monoisotopic (exact) mass is 494 g/mol. The van der Waals surface area contributed by atoms with Crippen LogP contribution in [0.25, 0.3) is 0 Å². The first-order chi connectivity index (χ1) is 17.5. The molecule has 7 nitrogen and oxygen atoms in total. The first-order valence-electron chi connectivity index (χ1n) is 12.8. The van der Waals surface area contributed by atoms with Crippen LogP contribution < -0.4 is 20.7 Å². The minimum Gasteiger partial charge on any atom is -0.478 e. The number of aromatic nitrogens is 2. The van der Waals surface area contributed by atoms with Crippen molar-refractivity contribution in [1.82, 2.24) is 9.97 Å². The number of pyridine rings is 2. The molecule has 3 rings (SSSR count). The Morgan fingerprint density at radius 2 is 1.69 bits per heavy atom. The van der Waals surface area contributed by atoms with E-state index in [2.05, 4.69) is 34.0 Å². The number of nitrogen functional groups attached to an aromatic ring is 1. The van der Waals surface area contributed by atoms with Crippen molar-refractivity contribution in [3.8, 4) is 5.88 Å². The third-order valence-electron chi connectivity index (χ3n) is 4.58. The molecule has 0 unspecified atom stereocenters. The topological polar surface area (TPSA) is 100 Å². The Labute approximate surface area is 218 Å². The molecule has 0 fully saturated rings. The lowest BCUT2D eigenvalue weighted by molar-refractivity contribution is 0.327. The molecule has 0 spiro atoms. The molecule has 0 aliphatic carbocycles. The van der Waals surface area contributed by atoms with Gasteiger partial charge in [-0.2, -0.15) is 4.98 Å². The van der Waals surface area contributed by atoms with Crippen molar-refractivity contribution in [1.29, 1.82) is 5.41 Å². The normalized spacial score (nSPS) is 9.19. The van der Waals surface area contributed by atoms with Crippen molar-refractivity contribution < 1.29 is 4.74 Å². The molecule has 4 N–H and O–H groups in total. The van der Waals surface area contributed by atoms with Crippen molar-refractivity contribution in [2.45, 2.75) is 54.4 Å². The van der Waals surface area contributed by atoms with E-state index in [1.165, 1.54) is 11.8 Å². The summed E-state index contributed by atoms with van der Waals surface area (Å²) in [6.07, 6.45) is 5.34. The van der Waals surface area contributed by atoms with Gasteiger partial charge in [0.1, 0.15) is 11.6 Å². The summed E-state index contributed by atoms with van der Waals surface area (Å²) in [5.41, 5.74) is 9.08. The maximum atomic E-state index is 6.92. The van der Waals surface area contributed by atoms with Crippen LogP contribution in [0.2, 0.25) is 0 Å². The van der Waals surface area contributed by atoms with Gasteiger partial charge in [-0.3, -0.25) is 0 Å². The molecule has 7 heteroatoms. The summed E-state index contributed by atoms with van der Waals surface area (Å²) in [7, 11) is 1.85. The number of aryl methyl sites for hydroxylation is 1. The Hall–Kier alpha value is -3.61. The van der Waals surface area contributed by atoms with Crippen molar-refractivity contribution in [3.63, 3.8) is 0 Å². The molecular formula is C29H46N6O. The Morgan fingerprint density at radius 1 is 1.00 bits per heavy atom. The van der Waals surface area contributed by atoms with Gasteiger partial charge in [0.05, 0.1) is 6.61 Å². The van der Waals surface area contributed by atoms with E-state index in [1.54, 1.807) is 6.20 Å². The second kappa shape index (κ2) is 20.7. The Balaban J connectivity index is 0.000000540. The maximum Gasteiger partial charge on any atom is 0.217 e. The molecule has 0 radical (unpaired) electrons. The van der Waals surface area contributed by atoms with Crippen LogP contribution in [-0.2, 0) is 0 Å². The number of rotatable bonds is 9. The Morgan fingerprint density at radius 3 is 2.14 bits per heavy atom. The highest BCUT2D eigenvalue weighted by Crippen LogP contribution is 2.23. The van der Waals surface area contributed by atoms with E-state index in [9.17, 15) is 0 Å². The highest BCUT2D eigenvalue weighted by atomic mass is 16.5. The van der Waals surface area contributed by atoms with E-state index in [0.717, 1.165) is 43.0 Å². The fourth-order valence-corrected chi connectivity index (χ4v) is 3.10. The van der Waals surface area contributed by atoms with E-state index in [4.69, 9.17) is 15.9 Å². The predicted octanol–water partition coefficient (Wildman–Crippen LogP) is 6.83. The van der Waals surface area contributed by atoms with Gasteiger partial charge < -0.3 is 26.1 Å². The van der Waals surface area contributed by atoms with Crippen LogP contribution in [0.15, 0.2) is 60.8 Å². The van der Waals surface area contributed by atoms with Gasteiger partial charge in [-0.15, -0.1) is 0 Å². The van der Waals surface area contributed by atoms with Gasteiger partial charge in [0, 0.05) is 50.4 Å².